The summed E-state index contributed by atoms with van der Waals surface area (Å²) < 4.78 is 5.24. The second kappa shape index (κ2) is 7.29. The molecule has 0 bridgehead atoms. The lowest BCUT2D eigenvalue weighted by atomic mass is 10.1. The van der Waals surface area contributed by atoms with E-state index in [4.69, 9.17) is 4.74 Å². The van der Waals surface area contributed by atoms with Crippen LogP contribution in [0.3, 0.4) is 0 Å². The van der Waals surface area contributed by atoms with Crippen molar-refractivity contribution in [2.45, 2.75) is 17.7 Å². The quantitative estimate of drug-likeness (QED) is 0.635. The van der Waals surface area contributed by atoms with Gasteiger partial charge in [-0.1, -0.05) is 53.7 Å². The average molecular weight is 322 g/mol. The molecule has 0 aliphatic heterocycles. The number of thioether (sulfide) groups is 1. The van der Waals surface area contributed by atoms with E-state index in [0.29, 0.717) is 0 Å². The molecule has 4 heteroatoms. The fourth-order valence-corrected chi connectivity index (χ4v) is 2.94. The normalized spacial score (nSPS) is 10.5. The first kappa shape index (κ1) is 15.6. The van der Waals surface area contributed by atoms with E-state index >= 15 is 0 Å². The van der Waals surface area contributed by atoms with Crippen molar-refractivity contribution in [1.82, 2.24) is 10.2 Å². The molecule has 3 rings (SSSR count). The lowest BCUT2D eigenvalue weighted by Crippen LogP contribution is -1.91. The minimum atomic E-state index is 0.821. The molecule has 0 saturated carbocycles. The number of aryl methyl sites for hydroxylation is 1. The van der Waals surface area contributed by atoms with Crippen LogP contribution in [0, 0.1) is 6.92 Å². The van der Waals surface area contributed by atoms with Crippen LogP contribution in [0.25, 0.3) is 11.3 Å². The van der Waals surface area contributed by atoms with Crippen LogP contribution in [-0.2, 0) is 5.75 Å². The summed E-state index contributed by atoms with van der Waals surface area (Å²) in [5.41, 5.74) is 4.43. The predicted octanol–water partition coefficient (Wildman–Crippen LogP) is 4.75. The fraction of sp³-hybridized carbons (Fsp3) is 0.158. The second-order valence-corrected chi connectivity index (χ2v) is 6.26. The van der Waals surface area contributed by atoms with Gasteiger partial charge in [0.15, 0.2) is 0 Å². The van der Waals surface area contributed by atoms with Gasteiger partial charge in [0.25, 0.3) is 0 Å². The molecule has 0 aliphatic rings. The Hall–Kier alpha value is -2.33. The van der Waals surface area contributed by atoms with Crippen LogP contribution in [0.15, 0.2) is 65.7 Å². The molecule has 0 fully saturated rings. The van der Waals surface area contributed by atoms with Gasteiger partial charge >= 0.3 is 0 Å². The number of benzene rings is 2. The summed E-state index contributed by atoms with van der Waals surface area (Å²) in [6.45, 7) is 2.10. The Morgan fingerprint density at radius 1 is 0.957 bits per heavy atom. The number of rotatable bonds is 5. The number of methoxy groups -OCH3 is 1. The standard InChI is InChI=1S/C19H18N2OS/c1-14-6-8-15(9-7-14)13-23-19-11-10-18(20-21-19)16-4-3-5-17(12-16)22-2/h3-12H,13H2,1-2H3. The van der Waals surface area contributed by atoms with Crippen LogP contribution in [0.5, 0.6) is 5.75 Å². The van der Waals surface area contributed by atoms with E-state index in [9.17, 15) is 0 Å². The van der Waals surface area contributed by atoms with Gasteiger partial charge < -0.3 is 4.74 Å². The molecular formula is C19H18N2OS. The SMILES string of the molecule is COc1cccc(-c2ccc(SCc3ccc(C)cc3)nn2)c1. The van der Waals surface area contributed by atoms with Gasteiger partial charge in [-0.2, -0.15) is 0 Å². The van der Waals surface area contributed by atoms with Gasteiger partial charge in [0.1, 0.15) is 10.8 Å². The Balaban J connectivity index is 1.68. The van der Waals surface area contributed by atoms with Crippen LogP contribution in [0.1, 0.15) is 11.1 Å². The number of hydrogen-bond acceptors (Lipinski definition) is 4. The first-order valence-corrected chi connectivity index (χ1v) is 8.39. The van der Waals surface area contributed by atoms with E-state index < -0.39 is 0 Å². The van der Waals surface area contributed by atoms with Gasteiger partial charge in [0.2, 0.25) is 0 Å². The molecule has 0 spiro atoms. The number of hydrogen-bond donors (Lipinski definition) is 0. The summed E-state index contributed by atoms with van der Waals surface area (Å²) in [5.74, 6) is 1.72. The Morgan fingerprint density at radius 3 is 2.48 bits per heavy atom. The maximum Gasteiger partial charge on any atom is 0.119 e. The molecule has 1 heterocycles. The van der Waals surface area contributed by atoms with E-state index in [0.717, 1.165) is 27.8 Å². The maximum atomic E-state index is 5.24. The van der Waals surface area contributed by atoms with E-state index in [2.05, 4.69) is 41.4 Å². The van der Waals surface area contributed by atoms with Crippen molar-refractivity contribution in [2.24, 2.45) is 0 Å². The molecule has 3 aromatic rings. The minimum Gasteiger partial charge on any atom is -0.497 e. The summed E-state index contributed by atoms with van der Waals surface area (Å²) in [7, 11) is 1.66. The zero-order valence-electron chi connectivity index (χ0n) is 13.2. The van der Waals surface area contributed by atoms with E-state index in [-0.39, 0.29) is 0 Å². The smallest absolute Gasteiger partial charge is 0.119 e. The third kappa shape index (κ3) is 4.11. The fourth-order valence-electron chi connectivity index (χ4n) is 2.17. The van der Waals surface area contributed by atoms with Crippen molar-refractivity contribution in [3.05, 3.63) is 71.8 Å². The second-order valence-electron chi connectivity index (χ2n) is 5.26. The summed E-state index contributed by atoms with van der Waals surface area (Å²) in [6, 6.07) is 20.4. The van der Waals surface area contributed by atoms with Crippen LogP contribution in [0.4, 0.5) is 0 Å². The molecule has 3 nitrogen and oxygen atoms in total. The van der Waals surface area contributed by atoms with Crippen molar-refractivity contribution in [3.63, 3.8) is 0 Å². The molecule has 0 aliphatic carbocycles. The molecule has 1 aromatic heterocycles. The summed E-state index contributed by atoms with van der Waals surface area (Å²) in [4.78, 5) is 0. The van der Waals surface area contributed by atoms with Crippen molar-refractivity contribution in [2.75, 3.05) is 7.11 Å². The lowest BCUT2D eigenvalue weighted by Gasteiger charge is -2.05. The van der Waals surface area contributed by atoms with Crippen LogP contribution in [0.2, 0.25) is 0 Å². The van der Waals surface area contributed by atoms with Gasteiger partial charge in [-0.05, 0) is 36.8 Å². The third-order valence-electron chi connectivity index (χ3n) is 3.51. The predicted molar refractivity (Wildman–Crippen MR) is 94.8 cm³/mol. The Bertz CT molecular complexity index is 770. The highest BCUT2D eigenvalue weighted by atomic mass is 32.2. The van der Waals surface area contributed by atoms with Gasteiger partial charge in [0.05, 0.1) is 12.8 Å². The number of nitrogens with zero attached hydrogens (tertiary/aromatic N) is 2. The molecule has 116 valence electrons. The Kier molecular flexibility index (Phi) is 4.93. The third-order valence-corrected chi connectivity index (χ3v) is 4.50. The monoisotopic (exact) mass is 322 g/mol. The molecule has 0 amide bonds. The van der Waals surface area contributed by atoms with Gasteiger partial charge in [-0.25, -0.2) is 0 Å². The van der Waals surface area contributed by atoms with Crippen LogP contribution in [-0.4, -0.2) is 17.3 Å². The molecule has 0 atom stereocenters. The average Bonchev–Trinajstić information content (AvgIpc) is 2.62. The molecule has 2 aromatic carbocycles. The largest absolute Gasteiger partial charge is 0.497 e. The summed E-state index contributed by atoms with van der Waals surface area (Å²) in [5, 5.41) is 9.57. The van der Waals surface area contributed by atoms with E-state index in [1.165, 1.54) is 11.1 Å². The highest BCUT2D eigenvalue weighted by Crippen LogP contribution is 2.24. The highest BCUT2D eigenvalue weighted by molar-refractivity contribution is 7.98. The first-order valence-electron chi connectivity index (χ1n) is 7.41. The number of ether oxygens (including phenoxy) is 1. The Morgan fingerprint density at radius 2 is 1.78 bits per heavy atom. The summed E-state index contributed by atoms with van der Waals surface area (Å²) >= 11 is 1.69. The van der Waals surface area contributed by atoms with Crippen molar-refractivity contribution >= 4 is 11.8 Å². The van der Waals surface area contributed by atoms with Crippen molar-refractivity contribution in [3.8, 4) is 17.0 Å². The van der Waals surface area contributed by atoms with E-state index in [1.807, 2.05) is 36.4 Å². The van der Waals surface area contributed by atoms with Gasteiger partial charge in [-0.15, -0.1) is 10.2 Å². The van der Waals surface area contributed by atoms with Gasteiger partial charge in [0, 0.05) is 11.3 Å². The Labute approximate surface area is 140 Å². The van der Waals surface area contributed by atoms with Gasteiger partial charge in [-0.3, -0.25) is 0 Å². The molecule has 0 radical (unpaired) electrons. The van der Waals surface area contributed by atoms with Crippen LogP contribution < -0.4 is 4.74 Å². The topological polar surface area (TPSA) is 35.0 Å². The highest BCUT2D eigenvalue weighted by Gasteiger charge is 2.04. The first-order chi connectivity index (χ1) is 11.2. The van der Waals surface area contributed by atoms with Crippen LogP contribution >= 0.6 is 11.8 Å². The molecule has 0 saturated heterocycles. The van der Waals surface area contributed by atoms with E-state index in [1.54, 1.807) is 18.9 Å². The summed E-state index contributed by atoms with van der Waals surface area (Å²) in [6.07, 6.45) is 0. The molecular weight excluding hydrogens is 304 g/mol. The minimum absolute atomic E-state index is 0.821. The molecule has 0 unspecified atom stereocenters. The zero-order chi connectivity index (χ0) is 16.1. The molecule has 0 N–H and O–H groups in total. The lowest BCUT2D eigenvalue weighted by molar-refractivity contribution is 0.415. The number of aromatic nitrogens is 2. The zero-order valence-corrected chi connectivity index (χ0v) is 14.0. The van der Waals surface area contributed by atoms with Crippen molar-refractivity contribution < 1.29 is 4.74 Å². The van der Waals surface area contributed by atoms with Crippen molar-refractivity contribution in [1.29, 1.82) is 0 Å². The molecule has 23 heavy (non-hydrogen) atoms. The maximum absolute atomic E-state index is 5.24.